The molecule has 3 aliphatic heterocycles. The summed E-state index contributed by atoms with van der Waals surface area (Å²) >= 11 is 0. The number of likely N-dealkylation sites (N-methyl/N-ethyl adjacent to an activating group) is 1. The van der Waals surface area contributed by atoms with Crippen molar-refractivity contribution in [3.05, 3.63) is 54.1 Å². The van der Waals surface area contributed by atoms with E-state index >= 15 is 0 Å². The van der Waals surface area contributed by atoms with Crippen LogP contribution in [-0.2, 0) is 29.4 Å². The number of hydrogen-bond acceptors (Lipinski definition) is 7. The Morgan fingerprint density at radius 3 is 2.29 bits per heavy atom. The highest BCUT2D eigenvalue weighted by molar-refractivity contribution is 6.18. The lowest BCUT2D eigenvalue weighted by Crippen LogP contribution is -2.86. The molecule has 2 aromatic rings. The SMILES string of the molecule is COc1ccc(N2C(=O)[C@@](O)([C@@]3(OC)C(=O)N(C)c4ccccc43)[C@@H]2[C@H]2COC(C)(C)O2)cc1. The van der Waals surface area contributed by atoms with Crippen LogP contribution in [-0.4, -0.2) is 68.3 Å². The molecule has 5 rings (SSSR count). The molecule has 180 valence electrons. The second-order valence-electron chi connectivity index (χ2n) is 9.22. The van der Waals surface area contributed by atoms with Crippen LogP contribution < -0.4 is 14.5 Å². The van der Waals surface area contributed by atoms with Crippen LogP contribution in [0.4, 0.5) is 11.4 Å². The maximum atomic E-state index is 13.9. The maximum absolute atomic E-state index is 13.9. The van der Waals surface area contributed by atoms with Gasteiger partial charge in [0.05, 0.1) is 19.4 Å². The topological polar surface area (TPSA) is 97.8 Å². The fourth-order valence-corrected chi connectivity index (χ4v) is 5.49. The van der Waals surface area contributed by atoms with Crippen LogP contribution in [0, 0.1) is 0 Å². The molecule has 0 aliphatic carbocycles. The number of anilines is 2. The van der Waals surface area contributed by atoms with Gasteiger partial charge < -0.3 is 33.9 Å². The smallest absolute Gasteiger partial charge is 0.267 e. The zero-order chi connectivity index (χ0) is 24.5. The first-order chi connectivity index (χ1) is 16.1. The minimum atomic E-state index is -2.24. The summed E-state index contributed by atoms with van der Waals surface area (Å²) in [6.07, 6.45) is -0.710. The summed E-state index contributed by atoms with van der Waals surface area (Å²) in [6, 6.07) is 12.9. The molecule has 3 aliphatic rings. The van der Waals surface area contributed by atoms with Crippen molar-refractivity contribution in [2.75, 3.05) is 37.7 Å². The fourth-order valence-electron chi connectivity index (χ4n) is 5.49. The van der Waals surface area contributed by atoms with E-state index in [1.54, 1.807) is 76.5 Å². The van der Waals surface area contributed by atoms with Crippen molar-refractivity contribution in [2.24, 2.45) is 0 Å². The number of carbonyl (C=O) groups excluding carboxylic acids is 2. The molecule has 9 heteroatoms. The van der Waals surface area contributed by atoms with Crippen LogP contribution in [0.5, 0.6) is 5.75 Å². The number of aliphatic hydroxyl groups is 1. The fraction of sp³-hybridized carbons (Fsp3) is 0.440. The summed E-state index contributed by atoms with van der Waals surface area (Å²) in [5.41, 5.74) is -2.65. The van der Waals surface area contributed by atoms with Crippen molar-refractivity contribution in [3.63, 3.8) is 0 Å². The number of methoxy groups -OCH3 is 2. The minimum absolute atomic E-state index is 0.130. The summed E-state index contributed by atoms with van der Waals surface area (Å²) in [4.78, 5) is 30.4. The lowest BCUT2D eigenvalue weighted by molar-refractivity contribution is -0.223. The van der Waals surface area contributed by atoms with Gasteiger partial charge in [0.15, 0.2) is 5.79 Å². The van der Waals surface area contributed by atoms with Gasteiger partial charge >= 0.3 is 0 Å². The number of para-hydroxylation sites is 1. The molecule has 3 heterocycles. The van der Waals surface area contributed by atoms with E-state index in [-0.39, 0.29) is 6.61 Å². The van der Waals surface area contributed by atoms with Crippen LogP contribution in [0.15, 0.2) is 48.5 Å². The molecule has 0 spiro atoms. The van der Waals surface area contributed by atoms with Crippen LogP contribution in [0.3, 0.4) is 0 Å². The van der Waals surface area contributed by atoms with Gasteiger partial charge in [-0.1, -0.05) is 18.2 Å². The molecule has 0 aromatic heterocycles. The van der Waals surface area contributed by atoms with E-state index in [0.717, 1.165) is 0 Å². The second kappa shape index (κ2) is 7.51. The number of carbonyl (C=O) groups is 2. The van der Waals surface area contributed by atoms with Gasteiger partial charge in [-0.3, -0.25) is 9.59 Å². The number of rotatable bonds is 5. The normalized spacial score (nSPS) is 32.1. The number of benzene rings is 2. The Morgan fingerprint density at radius 2 is 1.71 bits per heavy atom. The van der Waals surface area contributed by atoms with Gasteiger partial charge in [-0.15, -0.1) is 0 Å². The molecule has 2 aromatic carbocycles. The molecule has 0 saturated carbocycles. The molecule has 0 radical (unpaired) electrons. The third kappa shape index (κ3) is 2.75. The Balaban J connectivity index is 1.67. The molecule has 0 unspecified atom stereocenters. The second-order valence-corrected chi connectivity index (χ2v) is 9.22. The van der Waals surface area contributed by atoms with E-state index in [9.17, 15) is 14.7 Å². The highest BCUT2D eigenvalue weighted by Crippen LogP contribution is 2.56. The van der Waals surface area contributed by atoms with Crippen LogP contribution in [0.2, 0.25) is 0 Å². The highest BCUT2D eigenvalue weighted by Gasteiger charge is 2.79. The predicted molar refractivity (Wildman–Crippen MR) is 123 cm³/mol. The first-order valence-corrected chi connectivity index (χ1v) is 11.1. The van der Waals surface area contributed by atoms with Crippen LogP contribution >= 0.6 is 0 Å². The highest BCUT2D eigenvalue weighted by atomic mass is 16.7. The zero-order valence-corrected chi connectivity index (χ0v) is 19.8. The van der Waals surface area contributed by atoms with E-state index < -0.39 is 40.9 Å². The van der Waals surface area contributed by atoms with Crippen molar-refractivity contribution in [3.8, 4) is 5.75 Å². The standard InChI is InChI=1S/C25H28N2O7/c1-23(2)33-14-19(34-23)20-24(30,21(28)27(20)15-10-12-16(31-4)13-11-15)25(32-5)17-8-6-7-9-18(17)26(3)22(25)29/h6-13,19-20,30H,14H2,1-5H3/t19-,20+,24-,25+/m1/s1. The van der Waals surface area contributed by atoms with Gasteiger partial charge in [0.25, 0.3) is 11.8 Å². The Kier molecular flexibility index (Phi) is 5.04. The van der Waals surface area contributed by atoms with E-state index in [0.29, 0.717) is 22.7 Å². The number of fused-ring (bicyclic) bond motifs is 1. The third-order valence-corrected chi connectivity index (χ3v) is 7.08. The average Bonchev–Trinajstić information content (AvgIpc) is 3.30. The summed E-state index contributed by atoms with van der Waals surface area (Å²) in [5.74, 6) is -1.47. The Morgan fingerprint density at radius 1 is 1.03 bits per heavy atom. The number of β-lactam (4-membered cyclic amide) rings is 1. The summed E-state index contributed by atoms with van der Waals surface area (Å²) in [5, 5.41) is 12.3. The summed E-state index contributed by atoms with van der Waals surface area (Å²) < 4.78 is 23.0. The summed E-state index contributed by atoms with van der Waals surface area (Å²) in [7, 11) is 4.49. The van der Waals surface area contributed by atoms with Gasteiger partial charge in [-0.2, -0.15) is 0 Å². The summed E-state index contributed by atoms with van der Waals surface area (Å²) in [6.45, 7) is 3.66. The van der Waals surface area contributed by atoms with E-state index in [1.807, 2.05) is 0 Å². The van der Waals surface area contributed by atoms with Crippen LogP contribution in [0.1, 0.15) is 19.4 Å². The molecule has 4 atom stereocenters. The molecule has 34 heavy (non-hydrogen) atoms. The monoisotopic (exact) mass is 468 g/mol. The molecular weight excluding hydrogens is 440 g/mol. The van der Waals surface area contributed by atoms with Gasteiger partial charge in [0.2, 0.25) is 11.2 Å². The van der Waals surface area contributed by atoms with Gasteiger partial charge in [0, 0.05) is 25.4 Å². The van der Waals surface area contributed by atoms with E-state index in [1.165, 1.54) is 16.9 Å². The Bertz CT molecular complexity index is 1150. The molecule has 2 saturated heterocycles. The lowest BCUT2D eigenvalue weighted by atomic mass is 9.65. The van der Waals surface area contributed by atoms with E-state index in [4.69, 9.17) is 18.9 Å². The zero-order valence-electron chi connectivity index (χ0n) is 19.8. The molecule has 2 amide bonds. The molecule has 1 N–H and O–H groups in total. The maximum Gasteiger partial charge on any atom is 0.267 e. The third-order valence-electron chi connectivity index (χ3n) is 7.08. The first kappa shape index (κ1) is 22.8. The molecule has 9 nitrogen and oxygen atoms in total. The van der Waals surface area contributed by atoms with Crippen molar-refractivity contribution in [1.29, 1.82) is 0 Å². The van der Waals surface area contributed by atoms with Crippen LogP contribution in [0.25, 0.3) is 0 Å². The number of nitrogens with zero attached hydrogens (tertiary/aromatic N) is 2. The molecule has 0 bridgehead atoms. The first-order valence-electron chi connectivity index (χ1n) is 11.1. The average molecular weight is 469 g/mol. The lowest BCUT2D eigenvalue weighted by Gasteiger charge is -2.59. The van der Waals surface area contributed by atoms with Crippen molar-refractivity contribution < 1.29 is 33.6 Å². The largest absolute Gasteiger partial charge is 0.497 e. The number of ether oxygens (including phenoxy) is 4. The molecular formula is C25H28N2O7. The van der Waals surface area contributed by atoms with Crippen molar-refractivity contribution in [2.45, 2.75) is 43.0 Å². The minimum Gasteiger partial charge on any atom is -0.497 e. The molecule has 2 fully saturated rings. The van der Waals surface area contributed by atoms with Gasteiger partial charge in [0.1, 0.15) is 17.9 Å². The Hall–Kier alpha value is -2.98. The van der Waals surface area contributed by atoms with E-state index in [2.05, 4.69) is 0 Å². The number of amides is 2. The quantitative estimate of drug-likeness (QED) is 0.669. The number of hydrogen-bond donors (Lipinski definition) is 1. The van der Waals surface area contributed by atoms with Crippen molar-refractivity contribution >= 4 is 23.2 Å². The van der Waals surface area contributed by atoms with Crippen molar-refractivity contribution in [1.82, 2.24) is 0 Å². The van der Waals surface area contributed by atoms with Gasteiger partial charge in [-0.25, -0.2) is 0 Å². The Labute approximate surface area is 197 Å². The van der Waals surface area contributed by atoms with Gasteiger partial charge in [-0.05, 0) is 44.2 Å². The predicted octanol–water partition coefficient (Wildman–Crippen LogP) is 1.81.